The SMILES string of the molecule is Cc1cc(Cl)cc(-c2nnc(N)s2)c1-c1c(Br)nn(-c2ncccc2Cl)c1C(N)=O. The molecule has 1 aromatic carbocycles. The fourth-order valence-electron chi connectivity index (χ4n) is 3.11. The molecule has 3 heterocycles. The molecule has 4 aromatic rings. The van der Waals surface area contributed by atoms with Crippen LogP contribution >= 0.6 is 50.5 Å². The smallest absolute Gasteiger partial charge is 0.268 e. The zero-order chi connectivity index (χ0) is 21.6. The van der Waals surface area contributed by atoms with Gasteiger partial charge in [0.15, 0.2) is 5.82 Å². The van der Waals surface area contributed by atoms with Crippen LogP contribution in [0.5, 0.6) is 0 Å². The molecular weight excluding hydrogens is 513 g/mol. The van der Waals surface area contributed by atoms with Crippen LogP contribution in [0.25, 0.3) is 27.5 Å². The third-order valence-corrected chi connectivity index (χ3v) is 6.09. The number of anilines is 1. The zero-order valence-electron chi connectivity index (χ0n) is 15.2. The lowest BCUT2D eigenvalue weighted by Crippen LogP contribution is -2.18. The van der Waals surface area contributed by atoms with Crippen LogP contribution in [0.15, 0.2) is 35.1 Å². The first kappa shape index (κ1) is 20.7. The molecule has 0 saturated heterocycles. The van der Waals surface area contributed by atoms with Gasteiger partial charge in [-0.15, -0.1) is 10.2 Å². The Kier molecular flexibility index (Phi) is 5.49. The first-order chi connectivity index (χ1) is 14.3. The number of aromatic nitrogens is 5. The quantitative estimate of drug-likeness (QED) is 0.404. The Balaban J connectivity index is 2.08. The number of halogens is 3. The molecule has 0 spiro atoms. The van der Waals surface area contributed by atoms with Gasteiger partial charge in [-0.3, -0.25) is 4.79 Å². The van der Waals surface area contributed by atoms with Gasteiger partial charge in [-0.25, -0.2) is 9.67 Å². The highest BCUT2D eigenvalue weighted by molar-refractivity contribution is 9.10. The van der Waals surface area contributed by atoms with Crippen molar-refractivity contribution < 1.29 is 4.79 Å². The molecule has 0 unspecified atom stereocenters. The lowest BCUT2D eigenvalue weighted by atomic mass is 9.95. The van der Waals surface area contributed by atoms with Gasteiger partial charge in [0.1, 0.15) is 15.3 Å². The molecule has 0 radical (unpaired) electrons. The third kappa shape index (κ3) is 3.56. The number of rotatable bonds is 4. The highest BCUT2D eigenvalue weighted by Crippen LogP contribution is 2.43. The van der Waals surface area contributed by atoms with Gasteiger partial charge in [-0.2, -0.15) is 5.10 Å². The number of nitrogen functional groups attached to an aromatic ring is 1. The van der Waals surface area contributed by atoms with Crippen LogP contribution in [0.3, 0.4) is 0 Å². The van der Waals surface area contributed by atoms with Crippen LogP contribution in [0, 0.1) is 6.92 Å². The summed E-state index contributed by atoms with van der Waals surface area (Å²) >= 11 is 17.2. The van der Waals surface area contributed by atoms with Crippen molar-refractivity contribution in [2.24, 2.45) is 5.73 Å². The predicted molar refractivity (Wildman–Crippen MR) is 121 cm³/mol. The van der Waals surface area contributed by atoms with Crippen molar-refractivity contribution in [1.82, 2.24) is 25.0 Å². The molecule has 0 aliphatic rings. The number of pyridine rings is 1. The lowest BCUT2D eigenvalue weighted by Gasteiger charge is -2.13. The zero-order valence-corrected chi connectivity index (χ0v) is 19.1. The van der Waals surface area contributed by atoms with E-state index in [9.17, 15) is 4.79 Å². The molecule has 0 saturated carbocycles. The molecule has 8 nitrogen and oxygen atoms in total. The Morgan fingerprint density at radius 3 is 2.63 bits per heavy atom. The summed E-state index contributed by atoms with van der Waals surface area (Å²) in [5.41, 5.74) is 14.2. The van der Waals surface area contributed by atoms with Gasteiger partial charge in [0.2, 0.25) is 5.13 Å². The minimum absolute atomic E-state index is 0.103. The first-order valence-electron chi connectivity index (χ1n) is 8.37. The van der Waals surface area contributed by atoms with Crippen molar-refractivity contribution in [3.8, 4) is 27.5 Å². The van der Waals surface area contributed by atoms with E-state index in [1.807, 2.05) is 6.92 Å². The average molecular weight is 525 g/mol. The summed E-state index contributed by atoms with van der Waals surface area (Å²) in [5.74, 6) is -0.435. The Labute approximate surface area is 193 Å². The number of hydrogen-bond donors (Lipinski definition) is 2. The van der Waals surface area contributed by atoms with E-state index in [4.69, 9.17) is 34.7 Å². The van der Waals surface area contributed by atoms with Gasteiger partial charge in [-0.1, -0.05) is 34.5 Å². The van der Waals surface area contributed by atoms with Crippen LogP contribution in [0.2, 0.25) is 10.0 Å². The predicted octanol–water partition coefficient (Wildman–Crippen LogP) is 4.51. The number of aryl methyl sites for hydroxylation is 1. The Hall–Kier alpha value is -2.53. The normalized spacial score (nSPS) is 11.1. The summed E-state index contributed by atoms with van der Waals surface area (Å²) in [5, 5.41) is 14.1. The van der Waals surface area contributed by atoms with Gasteiger partial charge >= 0.3 is 0 Å². The molecule has 0 bridgehead atoms. The minimum atomic E-state index is -0.706. The number of primary amides is 1. The molecule has 4 rings (SSSR count). The van der Waals surface area contributed by atoms with Crippen molar-refractivity contribution in [2.45, 2.75) is 6.92 Å². The topological polar surface area (TPSA) is 126 Å². The summed E-state index contributed by atoms with van der Waals surface area (Å²) in [7, 11) is 0. The van der Waals surface area contributed by atoms with Gasteiger partial charge in [0, 0.05) is 27.9 Å². The molecule has 152 valence electrons. The number of carbonyl (C=O) groups excluding carboxylic acids is 1. The molecule has 3 aromatic heterocycles. The van der Waals surface area contributed by atoms with Crippen LogP contribution in [-0.4, -0.2) is 30.9 Å². The molecule has 0 fully saturated rings. The van der Waals surface area contributed by atoms with Crippen molar-refractivity contribution in [3.63, 3.8) is 0 Å². The maximum Gasteiger partial charge on any atom is 0.268 e. The van der Waals surface area contributed by atoms with Crippen LogP contribution in [0.4, 0.5) is 5.13 Å². The Bertz CT molecular complexity index is 1300. The number of nitrogens with two attached hydrogens (primary N) is 2. The van der Waals surface area contributed by atoms with E-state index in [0.29, 0.717) is 41.5 Å². The standard InChI is InChI=1S/C18H12BrCl2N7OS/c1-7-5-8(20)6-9(17-25-26-18(23)30-17)11(7)12-13(15(22)29)28(27-14(12)19)16-10(21)3-2-4-24-16/h2-6H,1H3,(H2,22,29)(H2,23,26). The lowest BCUT2D eigenvalue weighted by molar-refractivity contribution is 0.0993. The van der Waals surface area contributed by atoms with Gasteiger partial charge in [0.05, 0.1) is 5.02 Å². The highest BCUT2D eigenvalue weighted by Gasteiger charge is 2.28. The molecule has 0 aliphatic heterocycles. The van der Waals surface area contributed by atoms with E-state index >= 15 is 0 Å². The number of amides is 1. The number of nitrogens with zero attached hydrogens (tertiary/aromatic N) is 5. The van der Waals surface area contributed by atoms with Gasteiger partial charge < -0.3 is 11.5 Å². The van der Waals surface area contributed by atoms with Crippen LogP contribution in [0.1, 0.15) is 16.1 Å². The summed E-state index contributed by atoms with van der Waals surface area (Å²) in [6.45, 7) is 1.86. The Morgan fingerprint density at radius 2 is 2.00 bits per heavy atom. The highest BCUT2D eigenvalue weighted by atomic mass is 79.9. The number of benzene rings is 1. The molecule has 12 heteroatoms. The fourth-order valence-corrected chi connectivity index (χ4v) is 4.77. The van der Waals surface area contributed by atoms with E-state index < -0.39 is 5.91 Å². The Morgan fingerprint density at radius 1 is 1.23 bits per heavy atom. The van der Waals surface area contributed by atoms with Crippen LogP contribution in [-0.2, 0) is 0 Å². The molecular formula is C18H12BrCl2N7OS. The van der Waals surface area contributed by atoms with Crippen molar-refractivity contribution >= 4 is 61.5 Å². The molecule has 0 atom stereocenters. The number of hydrogen-bond acceptors (Lipinski definition) is 7. The average Bonchev–Trinajstić information content (AvgIpc) is 3.25. The molecule has 1 amide bonds. The molecule has 4 N–H and O–H groups in total. The van der Waals surface area contributed by atoms with Gasteiger partial charge in [0.25, 0.3) is 5.91 Å². The minimum Gasteiger partial charge on any atom is -0.374 e. The second kappa shape index (κ2) is 7.95. The summed E-state index contributed by atoms with van der Waals surface area (Å²) in [6, 6.07) is 6.82. The maximum absolute atomic E-state index is 12.5. The monoisotopic (exact) mass is 523 g/mol. The second-order valence-corrected chi connectivity index (χ2v) is 8.79. The van der Waals surface area contributed by atoms with Crippen molar-refractivity contribution in [2.75, 3.05) is 5.73 Å². The van der Waals surface area contributed by atoms with Crippen molar-refractivity contribution in [3.05, 3.63) is 56.4 Å². The first-order valence-corrected chi connectivity index (χ1v) is 10.7. The molecule has 0 aliphatic carbocycles. The largest absolute Gasteiger partial charge is 0.374 e. The number of carbonyl (C=O) groups is 1. The van der Waals surface area contributed by atoms with E-state index in [-0.39, 0.29) is 11.5 Å². The van der Waals surface area contributed by atoms with E-state index in [1.54, 1.807) is 30.5 Å². The summed E-state index contributed by atoms with van der Waals surface area (Å²) in [4.78, 5) is 16.8. The fraction of sp³-hybridized carbons (Fsp3) is 0.0556. The summed E-state index contributed by atoms with van der Waals surface area (Å²) < 4.78 is 1.69. The second-order valence-electron chi connectivity index (χ2n) is 6.19. The summed E-state index contributed by atoms with van der Waals surface area (Å²) in [6.07, 6.45) is 1.55. The van der Waals surface area contributed by atoms with Crippen LogP contribution < -0.4 is 11.5 Å². The third-order valence-electron chi connectivity index (χ3n) is 4.24. The van der Waals surface area contributed by atoms with Crippen molar-refractivity contribution in [1.29, 1.82) is 0 Å². The maximum atomic E-state index is 12.5. The molecule has 30 heavy (non-hydrogen) atoms. The van der Waals surface area contributed by atoms with E-state index in [1.165, 1.54) is 16.0 Å². The van der Waals surface area contributed by atoms with E-state index in [2.05, 4.69) is 36.2 Å². The van der Waals surface area contributed by atoms with E-state index in [0.717, 1.165) is 5.56 Å². The van der Waals surface area contributed by atoms with Gasteiger partial charge in [-0.05, 0) is 52.7 Å².